The normalized spacial score (nSPS) is 10.2. The number of rotatable bonds is 3. The van der Waals surface area contributed by atoms with Crippen molar-refractivity contribution < 1.29 is 14.7 Å². The van der Waals surface area contributed by atoms with Crippen LogP contribution >= 0.6 is 39.1 Å². The van der Waals surface area contributed by atoms with Gasteiger partial charge in [0.1, 0.15) is 0 Å². The molecule has 7 heteroatoms. The van der Waals surface area contributed by atoms with E-state index in [4.69, 9.17) is 28.3 Å². The van der Waals surface area contributed by atoms with E-state index >= 15 is 0 Å². The molecule has 2 N–H and O–H groups in total. The molecule has 0 saturated heterocycles. The molecule has 0 aromatic heterocycles. The van der Waals surface area contributed by atoms with E-state index in [9.17, 15) is 9.59 Å². The zero-order valence-corrected chi connectivity index (χ0v) is 13.5. The van der Waals surface area contributed by atoms with Crippen LogP contribution in [0.3, 0.4) is 0 Å². The van der Waals surface area contributed by atoms with Crippen LogP contribution in [-0.4, -0.2) is 17.0 Å². The quantitative estimate of drug-likeness (QED) is 0.800. The standard InChI is InChI=1S/C14H8BrCl2NO3/c15-10-5-7(1-4-11(10)17)13(19)18-12-6-8(16)2-3-9(12)14(20)21/h1-6H,(H,18,19)(H,20,21). The molecule has 108 valence electrons. The van der Waals surface area contributed by atoms with Gasteiger partial charge in [-0.3, -0.25) is 4.79 Å². The van der Waals surface area contributed by atoms with Crippen LogP contribution in [0.1, 0.15) is 20.7 Å². The van der Waals surface area contributed by atoms with Crippen molar-refractivity contribution in [3.63, 3.8) is 0 Å². The number of nitrogens with one attached hydrogen (secondary N) is 1. The zero-order chi connectivity index (χ0) is 15.6. The van der Waals surface area contributed by atoms with Crippen molar-refractivity contribution in [1.82, 2.24) is 0 Å². The summed E-state index contributed by atoms with van der Waals surface area (Å²) in [5, 5.41) is 12.4. The Morgan fingerprint density at radius 1 is 1.10 bits per heavy atom. The lowest BCUT2D eigenvalue weighted by atomic mass is 10.1. The van der Waals surface area contributed by atoms with Crippen LogP contribution in [0.15, 0.2) is 40.9 Å². The molecular weight excluding hydrogens is 381 g/mol. The predicted octanol–water partition coefficient (Wildman–Crippen LogP) is 4.71. The van der Waals surface area contributed by atoms with Gasteiger partial charge in [0.2, 0.25) is 0 Å². The molecule has 0 fully saturated rings. The number of carbonyl (C=O) groups is 2. The van der Waals surface area contributed by atoms with E-state index in [1.807, 2.05) is 0 Å². The van der Waals surface area contributed by atoms with Crippen molar-refractivity contribution in [1.29, 1.82) is 0 Å². The Bertz CT molecular complexity index is 734. The highest BCUT2D eigenvalue weighted by Crippen LogP contribution is 2.25. The first kappa shape index (κ1) is 15.8. The fourth-order valence-electron chi connectivity index (χ4n) is 1.64. The molecule has 0 aliphatic carbocycles. The van der Waals surface area contributed by atoms with Crippen molar-refractivity contribution >= 4 is 56.7 Å². The van der Waals surface area contributed by atoms with E-state index in [0.717, 1.165) is 0 Å². The molecule has 0 aliphatic heterocycles. The lowest BCUT2D eigenvalue weighted by molar-refractivity contribution is 0.0698. The second-order valence-electron chi connectivity index (χ2n) is 4.08. The highest BCUT2D eigenvalue weighted by atomic mass is 79.9. The van der Waals surface area contributed by atoms with Crippen LogP contribution in [0.25, 0.3) is 0 Å². The van der Waals surface area contributed by atoms with Crippen molar-refractivity contribution in [2.45, 2.75) is 0 Å². The van der Waals surface area contributed by atoms with Crippen LogP contribution in [-0.2, 0) is 0 Å². The highest BCUT2D eigenvalue weighted by Gasteiger charge is 2.14. The van der Waals surface area contributed by atoms with Crippen LogP contribution in [0, 0.1) is 0 Å². The predicted molar refractivity (Wildman–Crippen MR) is 85.5 cm³/mol. The third kappa shape index (κ3) is 3.75. The second kappa shape index (κ2) is 6.47. The first-order valence-electron chi connectivity index (χ1n) is 5.67. The number of carboxylic acids is 1. The first-order valence-corrected chi connectivity index (χ1v) is 7.22. The molecule has 1 amide bonds. The summed E-state index contributed by atoms with van der Waals surface area (Å²) in [6, 6.07) is 8.80. The van der Waals surface area contributed by atoms with E-state index < -0.39 is 11.9 Å². The number of aromatic carboxylic acids is 1. The molecule has 0 radical (unpaired) electrons. The number of hydrogen-bond donors (Lipinski definition) is 2. The van der Waals surface area contributed by atoms with E-state index in [1.165, 1.54) is 24.3 Å². The van der Waals surface area contributed by atoms with Gasteiger partial charge in [0.05, 0.1) is 16.3 Å². The molecule has 0 atom stereocenters. The van der Waals surface area contributed by atoms with Gasteiger partial charge in [-0.25, -0.2) is 4.79 Å². The summed E-state index contributed by atoms with van der Waals surface area (Å²) in [4.78, 5) is 23.3. The highest BCUT2D eigenvalue weighted by molar-refractivity contribution is 9.10. The minimum Gasteiger partial charge on any atom is -0.478 e. The van der Waals surface area contributed by atoms with Gasteiger partial charge in [-0.2, -0.15) is 0 Å². The monoisotopic (exact) mass is 387 g/mol. The Labute approximate surface area is 138 Å². The third-order valence-electron chi connectivity index (χ3n) is 2.64. The summed E-state index contributed by atoms with van der Waals surface area (Å²) in [7, 11) is 0. The van der Waals surface area contributed by atoms with E-state index in [2.05, 4.69) is 21.2 Å². The molecule has 2 aromatic carbocycles. The van der Waals surface area contributed by atoms with Crippen molar-refractivity contribution in [3.05, 3.63) is 62.0 Å². The number of amides is 1. The van der Waals surface area contributed by atoms with Gasteiger partial charge >= 0.3 is 5.97 Å². The minimum absolute atomic E-state index is 0.0409. The summed E-state index contributed by atoms with van der Waals surface area (Å²) >= 11 is 14.9. The molecular formula is C14H8BrCl2NO3. The van der Waals surface area contributed by atoms with Gasteiger partial charge in [0.15, 0.2) is 0 Å². The number of anilines is 1. The van der Waals surface area contributed by atoms with Gasteiger partial charge < -0.3 is 10.4 Å². The number of carbonyl (C=O) groups excluding carboxylic acids is 1. The van der Waals surface area contributed by atoms with E-state index in [1.54, 1.807) is 12.1 Å². The molecule has 0 unspecified atom stereocenters. The van der Waals surface area contributed by atoms with Crippen LogP contribution < -0.4 is 5.32 Å². The summed E-state index contributed by atoms with van der Waals surface area (Å²) in [5.41, 5.74) is 0.425. The number of benzene rings is 2. The molecule has 2 aromatic rings. The maximum Gasteiger partial charge on any atom is 0.337 e. The maximum atomic E-state index is 12.2. The number of halogens is 3. The van der Waals surface area contributed by atoms with E-state index in [-0.39, 0.29) is 11.3 Å². The molecule has 2 rings (SSSR count). The maximum absolute atomic E-state index is 12.2. The second-order valence-corrected chi connectivity index (χ2v) is 5.78. The van der Waals surface area contributed by atoms with Crippen LogP contribution in [0.5, 0.6) is 0 Å². The molecule has 4 nitrogen and oxygen atoms in total. The average molecular weight is 389 g/mol. The molecule has 21 heavy (non-hydrogen) atoms. The van der Waals surface area contributed by atoms with Crippen LogP contribution in [0.2, 0.25) is 10.0 Å². The van der Waals surface area contributed by atoms with Gasteiger partial charge in [0, 0.05) is 15.1 Å². The SMILES string of the molecule is O=C(Nc1cc(Cl)ccc1C(=O)O)c1ccc(Cl)c(Br)c1. The molecule has 0 aliphatic rings. The van der Waals surface area contributed by atoms with Crippen molar-refractivity contribution in [3.8, 4) is 0 Å². The Morgan fingerprint density at radius 3 is 2.43 bits per heavy atom. The molecule has 0 bridgehead atoms. The Morgan fingerprint density at radius 2 is 1.81 bits per heavy atom. The van der Waals surface area contributed by atoms with Crippen molar-refractivity contribution in [2.75, 3.05) is 5.32 Å². The summed E-state index contributed by atoms with van der Waals surface area (Å²) in [6.07, 6.45) is 0. The lowest BCUT2D eigenvalue weighted by Gasteiger charge is -2.09. The van der Waals surface area contributed by atoms with Gasteiger partial charge in [0.25, 0.3) is 5.91 Å². The fraction of sp³-hybridized carbons (Fsp3) is 0. The lowest BCUT2D eigenvalue weighted by Crippen LogP contribution is -2.14. The Balaban J connectivity index is 2.33. The van der Waals surface area contributed by atoms with Gasteiger partial charge in [-0.1, -0.05) is 23.2 Å². The number of carboxylic acid groups (broad SMARTS) is 1. The summed E-state index contributed by atoms with van der Waals surface area (Å²) in [6.45, 7) is 0. The first-order chi connectivity index (χ1) is 9.88. The Hall–Kier alpha value is -1.56. The van der Waals surface area contributed by atoms with Gasteiger partial charge in [-0.15, -0.1) is 0 Å². The molecule has 0 heterocycles. The summed E-state index contributed by atoms with van der Waals surface area (Å²) in [5.74, 6) is -1.61. The van der Waals surface area contributed by atoms with Gasteiger partial charge in [-0.05, 0) is 52.3 Å². The molecule has 0 saturated carbocycles. The van der Waals surface area contributed by atoms with E-state index in [0.29, 0.717) is 20.1 Å². The van der Waals surface area contributed by atoms with Crippen molar-refractivity contribution in [2.24, 2.45) is 0 Å². The third-order valence-corrected chi connectivity index (χ3v) is 4.09. The average Bonchev–Trinajstić information content (AvgIpc) is 2.41. The summed E-state index contributed by atoms with van der Waals surface area (Å²) < 4.78 is 0.571. The smallest absolute Gasteiger partial charge is 0.337 e. The topological polar surface area (TPSA) is 66.4 Å². The fourth-order valence-corrected chi connectivity index (χ4v) is 2.31. The van der Waals surface area contributed by atoms with Crippen LogP contribution in [0.4, 0.5) is 5.69 Å². The largest absolute Gasteiger partial charge is 0.478 e. The Kier molecular flexibility index (Phi) is 4.88. The zero-order valence-electron chi connectivity index (χ0n) is 10.4. The minimum atomic E-state index is -1.15. The molecule has 0 spiro atoms. The number of hydrogen-bond acceptors (Lipinski definition) is 2.